The standard InChI is InChI=1S/C19H30N4O2.2ClH/c1-13-9-21-23(10-13)12-17-11-22(5-6-25-17)19(24)16-7-14-3-2-4-15(8-16)18(14)20;;/h9-10,14-18H,2-8,11-12,20H2,1H3;2*1H. The number of nitrogens with two attached hydrogens (primary N) is 1. The monoisotopic (exact) mass is 418 g/mol. The first-order chi connectivity index (χ1) is 12.1. The number of nitrogens with zero attached hydrogens (tertiary/aromatic N) is 3. The summed E-state index contributed by atoms with van der Waals surface area (Å²) in [6.07, 6.45) is 9.56. The zero-order valence-electron chi connectivity index (χ0n) is 16.0. The van der Waals surface area contributed by atoms with Gasteiger partial charge in [0.05, 0.1) is 25.5 Å². The Balaban J connectivity index is 0.00000131. The van der Waals surface area contributed by atoms with Gasteiger partial charge in [0.25, 0.3) is 0 Å². The van der Waals surface area contributed by atoms with Gasteiger partial charge in [-0.05, 0) is 50.0 Å². The number of hydrogen-bond acceptors (Lipinski definition) is 4. The van der Waals surface area contributed by atoms with Gasteiger partial charge >= 0.3 is 0 Å². The van der Waals surface area contributed by atoms with Crippen LogP contribution in [0.15, 0.2) is 12.4 Å². The molecule has 1 aromatic rings. The highest BCUT2D eigenvalue weighted by Crippen LogP contribution is 2.42. The second-order valence-corrected chi connectivity index (χ2v) is 8.21. The topological polar surface area (TPSA) is 73.4 Å². The Morgan fingerprint density at radius 2 is 2.00 bits per heavy atom. The van der Waals surface area contributed by atoms with Crippen LogP contribution in [0.25, 0.3) is 0 Å². The maximum atomic E-state index is 13.1. The molecule has 2 bridgehead atoms. The summed E-state index contributed by atoms with van der Waals surface area (Å²) in [6, 6.07) is 0.318. The van der Waals surface area contributed by atoms with Crippen LogP contribution in [0.5, 0.6) is 0 Å². The number of hydrogen-bond donors (Lipinski definition) is 1. The minimum Gasteiger partial charge on any atom is -0.373 e. The van der Waals surface area contributed by atoms with Gasteiger partial charge in [-0.3, -0.25) is 9.48 Å². The van der Waals surface area contributed by atoms with Gasteiger partial charge in [-0.2, -0.15) is 5.10 Å². The summed E-state index contributed by atoms with van der Waals surface area (Å²) >= 11 is 0. The number of carbonyl (C=O) groups is 1. The molecule has 3 fully saturated rings. The second-order valence-electron chi connectivity index (χ2n) is 8.21. The van der Waals surface area contributed by atoms with Crippen LogP contribution in [0.3, 0.4) is 0 Å². The predicted molar refractivity (Wildman–Crippen MR) is 109 cm³/mol. The van der Waals surface area contributed by atoms with Crippen LogP contribution >= 0.6 is 24.8 Å². The fourth-order valence-electron chi connectivity index (χ4n) is 5.05. The van der Waals surface area contributed by atoms with Crippen molar-refractivity contribution in [2.24, 2.45) is 23.5 Å². The third-order valence-electron chi connectivity index (χ3n) is 6.37. The third-order valence-corrected chi connectivity index (χ3v) is 6.37. The number of aryl methyl sites for hydroxylation is 1. The van der Waals surface area contributed by atoms with Gasteiger partial charge in [-0.1, -0.05) is 6.42 Å². The van der Waals surface area contributed by atoms with Crippen molar-refractivity contribution in [2.75, 3.05) is 19.7 Å². The minimum atomic E-state index is 0. The van der Waals surface area contributed by atoms with Crippen LogP contribution in [0.1, 0.15) is 37.7 Å². The molecule has 2 N–H and O–H groups in total. The molecule has 3 atom stereocenters. The fraction of sp³-hybridized carbons (Fsp3) is 0.789. The number of aromatic nitrogens is 2. The van der Waals surface area contributed by atoms with Gasteiger partial charge < -0.3 is 15.4 Å². The number of ether oxygens (including phenoxy) is 1. The Morgan fingerprint density at radius 1 is 1.30 bits per heavy atom. The van der Waals surface area contributed by atoms with Crippen molar-refractivity contribution >= 4 is 30.7 Å². The zero-order valence-corrected chi connectivity index (χ0v) is 17.6. The highest BCUT2D eigenvalue weighted by molar-refractivity contribution is 5.85. The molecule has 1 saturated heterocycles. The van der Waals surface area contributed by atoms with Crippen molar-refractivity contribution in [1.29, 1.82) is 0 Å². The first-order valence-electron chi connectivity index (χ1n) is 9.75. The highest BCUT2D eigenvalue weighted by atomic mass is 35.5. The number of halogens is 2. The molecule has 0 aromatic carbocycles. The molecule has 6 nitrogen and oxygen atoms in total. The van der Waals surface area contributed by atoms with Crippen molar-refractivity contribution in [3.8, 4) is 0 Å². The lowest BCUT2D eigenvalue weighted by molar-refractivity contribution is -0.146. The van der Waals surface area contributed by atoms with E-state index >= 15 is 0 Å². The quantitative estimate of drug-likeness (QED) is 0.817. The SMILES string of the molecule is Cc1cnn(CC2CN(C(=O)C3CC4CCCC(C3)C4N)CCO2)c1.Cl.Cl. The highest BCUT2D eigenvalue weighted by Gasteiger charge is 2.42. The average Bonchev–Trinajstić information content (AvgIpc) is 2.99. The number of morpholine rings is 1. The van der Waals surface area contributed by atoms with Crippen molar-refractivity contribution in [1.82, 2.24) is 14.7 Å². The summed E-state index contributed by atoms with van der Waals surface area (Å²) in [7, 11) is 0. The number of fused-ring (bicyclic) bond motifs is 2. The van der Waals surface area contributed by atoms with Gasteiger partial charge in [0, 0.05) is 31.2 Å². The Labute approximate surface area is 174 Å². The molecule has 0 radical (unpaired) electrons. The van der Waals surface area contributed by atoms with Crippen LogP contribution in [0.4, 0.5) is 0 Å². The maximum absolute atomic E-state index is 13.1. The van der Waals surface area contributed by atoms with Crippen molar-refractivity contribution in [3.63, 3.8) is 0 Å². The molecular weight excluding hydrogens is 387 g/mol. The number of amides is 1. The van der Waals surface area contributed by atoms with E-state index in [2.05, 4.69) is 5.10 Å². The van der Waals surface area contributed by atoms with E-state index in [-0.39, 0.29) is 36.8 Å². The van der Waals surface area contributed by atoms with Gasteiger partial charge in [0.2, 0.25) is 5.91 Å². The Bertz CT molecular complexity index is 613. The molecule has 0 spiro atoms. The van der Waals surface area contributed by atoms with E-state index in [0.717, 1.165) is 18.4 Å². The lowest BCUT2D eigenvalue weighted by Gasteiger charge is -2.45. The molecule has 154 valence electrons. The Kier molecular flexibility index (Phi) is 7.98. The number of rotatable bonds is 3. The first-order valence-corrected chi connectivity index (χ1v) is 9.75. The molecule has 2 heterocycles. The molecule has 1 aromatic heterocycles. The largest absolute Gasteiger partial charge is 0.373 e. The van der Waals surface area contributed by atoms with Crippen molar-refractivity contribution in [3.05, 3.63) is 18.0 Å². The zero-order chi connectivity index (χ0) is 17.4. The van der Waals surface area contributed by atoms with Crippen LogP contribution < -0.4 is 5.73 Å². The van der Waals surface area contributed by atoms with E-state index in [1.165, 1.54) is 19.3 Å². The molecule has 1 amide bonds. The first kappa shape index (κ1) is 22.5. The summed E-state index contributed by atoms with van der Waals surface area (Å²) in [4.78, 5) is 15.1. The summed E-state index contributed by atoms with van der Waals surface area (Å²) < 4.78 is 7.79. The van der Waals surface area contributed by atoms with E-state index in [1.54, 1.807) is 0 Å². The minimum absolute atomic E-state index is 0. The lowest BCUT2D eigenvalue weighted by Crippen LogP contribution is -2.53. The van der Waals surface area contributed by atoms with Crippen LogP contribution in [0.2, 0.25) is 0 Å². The molecule has 2 aliphatic carbocycles. The van der Waals surface area contributed by atoms with E-state index in [0.29, 0.717) is 50.0 Å². The molecule has 1 aliphatic heterocycles. The molecule has 4 rings (SSSR count). The van der Waals surface area contributed by atoms with Gasteiger partial charge in [-0.25, -0.2) is 0 Å². The van der Waals surface area contributed by atoms with E-state index < -0.39 is 0 Å². The third kappa shape index (κ3) is 4.97. The van der Waals surface area contributed by atoms with E-state index in [9.17, 15) is 4.79 Å². The van der Waals surface area contributed by atoms with Gasteiger partial charge in [-0.15, -0.1) is 24.8 Å². The normalized spacial score (nSPS) is 33.0. The molecule has 8 heteroatoms. The van der Waals surface area contributed by atoms with Crippen molar-refractivity contribution < 1.29 is 9.53 Å². The summed E-state index contributed by atoms with van der Waals surface area (Å²) in [5.41, 5.74) is 7.53. The summed E-state index contributed by atoms with van der Waals surface area (Å²) in [6.45, 7) is 4.75. The molecule has 2 saturated carbocycles. The lowest BCUT2D eigenvalue weighted by atomic mass is 9.65. The van der Waals surface area contributed by atoms with Crippen molar-refractivity contribution in [2.45, 2.75) is 57.7 Å². The van der Waals surface area contributed by atoms with E-state index in [4.69, 9.17) is 10.5 Å². The number of carbonyl (C=O) groups excluding carboxylic acids is 1. The van der Waals surface area contributed by atoms with Gasteiger partial charge in [0.1, 0.15) is 0 Å². The Morgan fingerprint density at radius 3 is 2.63 bits per heavy atom. The average molecular weight is 419 g/mol. The second kappa shape index (κ2) is 9.59. The van der Waals surface area contributed by atoms with Crippen LogP contribution in [0, 0.1) is 24.7 Å². The van der Waals surface area contributed by atoms with Gasteiger partial charge in [0.15, 0.2) is 0 Å². The van der Waals surface area contributed by atoms with Crippen LogP contribution in [-0.4, -0.2) is 52.4 Å². The molecule has 3 unspecified atom stereocenters. The summed E-state index contributed by atoms with van der Waals surface area (Å²) in [5, 5.41) is 4.34. The summed E-state index contributed by atoms with van der Waals surface area (Å²) in [5.74, 6) is 1.59. The molecule has 27 heavy (non-hydrogen) atoms. The maximum Gasteiger partial charge on any atom is 0.225 e. The van der Waals surface area contributed by atoms with E-state index in [1.807, 2.05) is 28.9 Å². The smallest absolute Gasteiger partial charge is 0.225 e. The predicted octanol–water partition coefficient (Wildman–Crippen LogP) is 2.42. The Hall–Kier alpha value is -0.820. The molecule has 3 aliphatic rings. The van der Waals surface area contributed by atoms with Crippen LogP contribution in [-0.2, 0) is 16.1 Å². The fourth-order valence-corrected chi connectivity index (χ4v) is 5.05. The molecular formula is C19H32Cl2N4O2.